The predicted octanol–water partition coefficient (Wildman–Crippen LogP) is -1.34. The predicted molar refractivity (Wildman–Crippen MR) is 33.8 cm³/mol. The lowest BCUT2D eigenvalue weighted by Gasteiger charge is -2.32. The van der Waals surface area contributed by atoms with E-state index in [1.165, 1.54) is 0 Å². The Morgan fingerprint density at radius 1 is 1.60 bits per heavy atom. The van der Waals surface area contributed by atoms with Crippen molar-refractivity contribution in [3.8, 4) is 0 Å². The molecule has 0 aromatic rings. The Hall–Kier alpha value is 0.110. The molecule has 10 heavy (non-hydrogen) atoms. The molecular formula is C5H13NO3P-. The molecule has 0 saturated heterocycles. The Morgan fingerprint density at radius 2 is 2.10 bits per heavy atom. The number of hydrogen-bond donors (Lipinski definition) is 1. The van der Waals surface area contributed by atoms with Gasteiger partial charge in [-0.25, -0.2) is 0 Å². The Kier molecular flexibility index (Phi) is 4.13. The second kappa shape index (κ2) is 4.09. The number of quaternary nitrogens is 1. The SMILES string of the molecule is CCCC[C@@H]([NH3+])P(=O)([O-])[O-]. The molecule has 5 heteroatoms. The summed E-state index contributed by atoms with van der Waals surface area (Å²) in [6, 6.07) is 0. The molecule has 0 aliphatic heterocycles. The molecule has 0 radical (unpaired) electrons. The summed E-state index contributed by atoms with van der Waals surface area (Å²) in [7, 11) is -4.40. The van der Waals surface area contributed by atoms with E-state index in [1.54, 1.807) is 0 Å². The van der Waals surface area contributed by atoms with Gasteiger partial charge >= 0.3 is 0 Å². The monoisotopic (exact) mass is 166 g/mol. The normalized spacial score (nSPS) is 15.2. The summed E-state index contributed by atoms with van der Waals surface area (Å²) in [5.74, 6) is -0.938. The van der Waals surface area contributed by atoms with E-state index in [0.29, 0.717) is 6.42 Å². The highest BCUT2D eigenvalue weighted by Crippen LogP contribution is 2.28. The first-order chi connectivity index (χ1) is 4.48. The molecule has 0 unspecified atom stereocenters. The first kappa shape index (κ1) is 10.1. The van der Waals surface area contributed by atoms with Gasteiger partial charge in [0.2, 0.25) is 0 Å². The second-order valence-corrected chi connectivity index (χ2v) is 4.15. The van der Waals surface area contributed by atoms with Crippen LogP contribution in [0.3, 0.4) is 0 Å². The maximum atomic E-state index is 10.2. The lowest BCUT2D eigenvalue weighted by atomic mass is 10.2. The van der Waals surface area contributed by atoms with Gasteiger partial charge in [-0.3, -0.25) is 0 Å². The van der Waals surface area contributed by atoms with Gasteiger partial charge in [-0.1, -0.05) is 13.3 Å². The maximum absolute atomic E-state index is 10.2. The summed E-state index contributed by atoms with van der Waals surface area (Å²) in [5.41, 5.74) is 3.26. The van der Waals surface area contributed by atoms with E-state index in [2.05, 4.69) is 5.73 Å². The second-order valence-electron chi connectivity index (χ2n) is 2.34. The summed E-state index contributed by atoms with van der Waals surface area (Å²) < 4.78 is 10.2. The van der Waals surface area contributed by atoms with Crippen LogP contribution in [0.2, 0.25) is 0 Å². The Morgan fingerprint density at radius 3 is 2.40 bits per heavy atom. The van der Waals surface area contributed by atoms with Crippen LogP contribution in [0.25, 0.3) is 0 Å². The Labute approximate surface area is 60.6 Å². The van der Waals surface area contributed by atoms with Crippen LogP contribution in [-0.2, 0) is 4.57 Å². The molecule has 0 heterocycles. The minimum absolute atomic E-state index is 0.390. The first-order valence-electron chi connectivity index (χ1n) is 3.33. The van der Waals surface area contributed by atoms with Crippen LogP contribution in [-0.4, -0.2) is 5.78 Å². The van der Waals surface area contributed by atoms with Crippen LogP contribution in [0.15, 0.2) is 0 Å². The fourth-order valence-electron chi connectivity index (χ4n) is 0.598. The third-order valence-electron chi connectivity index (χ3n) is 1.34. The zero-order valence-electron chi connectivity index (χ0n) is 6.08. The van der Waals surface area contributed by atoms with Gasteiger partial charge in [0.05, 0.1) is 0 Å². The van der Waals surface area contributed by atoms with Gasteiger partial charge < -0.3 is 20.1 Å². The van der Waals surface area contributed by atoms with E-state index in [9.17, 15) is 14.4 Å². The van der Waals surface area contributed by atoms with Gasteiger partial charge in [-0.05, 0) is 14.0 Å². The minimum Gasteiger partial charge on any atom is -0.807 e. The van der Waals surface area contributed by atoms with E-state index in [1.807, 2.05) is 6.92 Å². The van der Waals surface area contributed by atoms with Crippen molar-refractivity contribution in [2.75, 3.05) is 0 Å². The van der Waals surface area contributed by atoms with Gasteiger partial charge in [0.1, 0.15) is 5.78 Å². The summed E-state index contributed by atoms with van der Waals surface area (Å²) in [6.45, 7) is 1.94. The lowest BCUT2D eigenvalue weighted by Crippen LogP contribution is -2.63. The van der Waals surface area contributed by atoms with E-state index in [-0.39, 0.29) is 0 Å². The largest absolute Gasteiger partial charge is 0.807 e. The molecular weight excluding hydrogens is 153 g/mol. The highest BCUT2D eigenvalue weighted by molar-refractivity contribution is 7.49. The van der Waals surface area contributed by atoms with Crippen molar-refractivity contribution in [2.24, 2.45) is 0 Å². The molecule has 62 valence electrons. The van der Waals surface area contributed by atoms with Gasteiger partial charge in [0.15, 0.2) is 0 Å². The maximum Gasteiger partial charge on any atom is 0.110 e. The molecule has 0 aromatic carbocycles. The summed E-state index contributed by atoms with van der Waals surface area (Å²) in [6.07, 6.45) is 2.04. The molecule has 0 fully saturated rings. The van der Waals surface area contributed by atoms with Crippen LogP contribution >= 0.6 is 7.60 Å². The fraction of sp³-hybridized carbons (Fsp3) is 1.00. The molecule has 1 atom stereocenters. The summed E-state index contributed by atoms with van der Waals surface area (Å²) >= 11 is 0. The molecule has 0 aliphatic carbocycles. The highest BCUT2D eigenvalue weighted by Gasteiger charge is 2.08. The minimum atomic E-state index is -4.40. The fourth-order valence-corrected chi connectivity index (χ4v) is 1.10. The quantitative estimate of drug-likeness (QED) is 0.524. The number of hydrogen-bond acceptors (Lipinski definition) is 3. The Bertz CT molecular complexity index is 133. The van der Waals surface area contributed by atoms with Crippen molar-refractivity contribution in [1.29, 1.82) is 0 Å². The molecule has 0 aliphatic rings. The van der Waals surface area contributed by atoms with Crippen molar-refractivity contribution < 1.29 is 20.1 Å². The van der Waals surface area contributed by atoms with Gasteiger partial charge in [-0.2, -0.15) is 0 Å². The Balaban J connectivity index is 3.63. The van der Waals surface area contributed by atoms with E-state index >= 15 is 0 Å². The molecule has 0 amide bonds. The van der Waals surface area contributed by atoms with Crippen LogP contribution < -0.4 is 15.5 Å². The van der Waals surface area contributed by atoms with Crippen LogP contribution in [0.4, 0.5) is 0 Å². The third kappa shape index (κ3) is 4.01. The highest BCUT2D eigenvalue weighted by atomic mass is 31.2. The van der Waals surface area contributed by atoms with Crippen LogP contribution in [0.1, 0.15) is 26.2 Å². The zero-order valence-corrected chi connectivity index (χ0v) is 6.97. The molecule has 3 N–H and O–H groups in total. The third-order valence-corrected chi connectivity index (χ3v) is 2.49. The van der Waals surface area contributed by atoms with Crippen molar-refractivity contribution >= 4 is 7.60 Å². The standard InChI is InChI=1S/C5H14NO3P/c1-2-3-4-5(6)10(7,8)9/h5H,2-4,6H2,1H3,(H2,7,8,9)/p-1/t5-/m0/s1. The van der Waals surface area contributed by atoms with Gasteiger partial charge in [0, 0.05) is 6.42 Å². The van der Waals surface area contributed by atoms with Gasteiger partial charge in [-0.15, -0.1) is 0 Å². The molecule has 0 rings (SSSR count). The lowest BCUT2D eigenvalue weighted by molar-refractivity contribution is -0.430. The zero-order chi connectivity index (χ0) is 8.20. The first-order valence-corrected chi connectivity index (χ1v) is 4.94. The number of unbranched alkanes of at least 4 members (excludes halogenated alkanes) is 1. The molecule has 0 saturated carbocycles. The molecule has 4 nitrogen and oxygen atoms in total. The molecule has 0 spiro atoms. The van der Waals surface area contributed by atoms with E-state index in [0.717, 1.165) is 12.8 Å². The van der Waals surface area contributed by atoms with Crippen LogP contribution in [0, 0.1) is 0 Å². The molecule has 0 aromatic heterocycles. The van der Waals surface area contributed by atoms with Crippen molar-refractivity contribution in [3.05, 3.63) is 0 Å². The van der Waals surface area contributed by atoms with E-state index in [4.69, 9.17) is 0 Å². The average molecular weight is 166 g/mol. The van der Waals surface area contributed by atoms with Gasteiger partial charge in [0.25, 0.3) is 0 Å². The van der Waals surface area contributed by atoms with Crippen molar-refractivity contribution in [2.45, 2.75) is 32.0 Å². The number of rotatable bonds is 4. The van der Waals surface area contributed by atoms with Crippen molar-refractivity contribution in [1.82, 2.24) is 0 Å². The smallest absolute Gasteiger partial charge is 0.110 e. The summed E-state index contributed by atoms with van der Waals surface area (Å²) in [4.78, 5) is 20.5. The van der Waals surface area contributed by atoms with E-state index < -0.39 is 13.4 Å². The topological polar surface area (TPSA) is 90.8 Å². The average Bonchev–Trinajstić information content (AvgIpc) is 1.80. The van der Waals surface area contributed by atoms with Crippen molar-refractivity contribution in [3.63, 3.8) is 0 Å². The molecule has 0 bridgehead atoms. The van der Waals surface area contributed by atoms with Crippen LogP contribution in [0.5, 0.6) is 0 Å². The summed E-state index contributed by atoms with van der Waals surface area (Å²) in [5, 5.41) is 0.